The molecule has 6 nitrogen and oxygen atoms in total. The first-order valence-electron chi connectivity index (χ1n) is 8.23. The van der Waals surface area contributed by atoms with Crippen molar-refractivity contribution in [2.75, 3.05) is 6.61 Å². The largest absolute Gasteiger partial charge is 0.504 e. The minimum absolute atomic E-state index is 0.0752. The number of phenolic OH excluding ortho intramolecular Hbond substituents is 1. The Morgan fingerprint density at radius 3 is 2.64 bits per heavy atom. The van der Waals surface area contributed by atoms with E-state index in [-0.39, 0.29) is 11.7 Å². The molecule has 1 aliphatic rings. The zero-order valence-electron chi connectivity index (χ0n) is 14.2. The van der Waals surface area contributed by atoms with Gasteiger partial charge in [-0.25, -0.2) is 0 Å². The van der Waals surface area contributed by atoms with Gasteiger partial charge in [-0.3, -0.25) is 4.79 Å². The van der Waals surface area contributed by atoms with E-state index in [1.807, 2.05) is 25.1 Å². The maximum atomic E-state index is 12.5. The van der Waals surface area contributed by atoms with Gasteiger partial charge in [-0.2, -0.15) is 0 Å². The Kier molecular flexibility index (Phi) is 4.97. The summed E-state index contributed by atoms with van der Waals surface area (Å²) in [6.07, 6.45) is -1.12. The van der Waals surface area contributed by atoms with Gasteiger partial charge in [0.1, 0.15) is 6.10 Å². The van der Waals surface area contributed by atoms with Crippen molar-refractivity contribution in [2.45, 2.75) is 32.6 Å². The summed E-state index contributed by atoms with van der Waals surface area (Å²) in [6, 6.07) is 12.3. The Morgan fingerprint density at radius 2 is 1.92 bits per heavy atom. The predicted octanol–water partition coefficient (Wildman–Crippen LogP) is 2.64. The van der Waals surface area contributed by atoms with Crippen molar-refractivity contribution in [2.24, 2.45) is 0 Å². The second kappa shape index (κ2) is 7.34. The number of aromatic hydroxyl groups is 1. The van der Waals surface area contributed by atoms with E-state index in [9.17, 15) is 9.90 Å². The number of hydrogen-bond donors (Lipinski definition) is 2. The summed E-state index contributed by atoms with van der Waals surface area (Å²) in [4.78, 5) is 12.5. The summed E-state index contributed by atoms with van der Waals surface area (Å²) in [6.45, 7) is 4.39. The van der Waals surface area contributed by atoms with Gasteiger partial charge in [0.2, 0.25) is 6.10 Å². The Bertz CT molecular complexity index is 761. The van der Waals surface area contributed by atoms with Crippen LogP contribution < -0.4 is 19.5 Å². The van der Waals surface area contributed by atoms with E-state index < -0.39 is 12.2 Å². The fourth-order valence-corrected chi connectivity index (χ4v) is 2.64. The monoisotopic (exact) mass is 343 g/mol. The van der Waals surface area contributed by atoms with Crippen LogP contribution in [0.3, 0.4) is 0 Å². The Labute approximate surface area is 146 Å². The number of fused-ring (bicyclic) bond motifs is 1. The lowest BCUT2D eigenvalue weighted by atomic mass is 10.1. The van der Waals surface area contributed by atoms with Crippen LogP contribution in [0.15, 0.2) is 42.5 Å². The van der Waals surface area contributed by atoms with Gasteiger partial charge < -0.3 is 24.6 Å². The van der Waals surface area contributed by atoms with Crippen molar-refractivity contribution in [3.63, 3.8) is 0 Å². The summed E-state index contributed by atoms with van der Waals surface area (Å²) in [7, 11) is 0. The lowest BCUT2D eigenvalue weighted by Gasteiger charge is -2.31. The van der Waals surface area contributed by atoms with E-state index in [4.69, 9.17) is 14.2 Å². The van der Waals surface area contributed by atoms with E-state index in [1.54, 1.807) is 31.2 Å². The maximum absolute atomic E-state index is 12.5. The van der Waals surface area contributed by atoms with E-state index in [2.05, 4.69) is 5.32 Å². The zero-order chi connectivity index (χ0) is 17.8. The number of benzene rings is 2. The second-order valence-corrected chi connectivity index (χ2v) is 5.76. The van der Waals surface area contributed by atoms with Gasteiger partial charge in [0, 0.05) is 6.54 Å². The molecule has 0 unspecified atom stereocenters. The van der Waals surface area contributed by atoms with Crippen LogP contribution in [-0.2, 0) is 11.3 Å². The van der Waals surface area contributed by atoms with Crippen LogP contribution in [0, 0.1) is 0 Å². The summed E-state index contributed by atoms with van der Waals surface area (Å²) in [5, 5.41) is 12.6. The van der Waals surface area contributed by atoms with E-state index >= 15 is 0 Å². The van der Waals surface area contributed by atoms with Crippen LogP contribution in [0.5, 0.6) is 23.0 Å². The van der Waals surface area contributed by atoms with Gasteiger partial charge in [0.15, 0.2) is 23.0 Å². The number of hydrogen-bond acceptors (Lipinski definition) is 5. The first-order chi connectivity index (χ1) is 12.1. The Balaban J connectivity index is 1.64. The smallest absolute Gasteiger partial charge is 0.265 e. The molecule has 0 aromatic heterocycles. The zero-order valence-corrected chi connectivity index (χ0v) is 14.2. The molecule has 6 heteroatoms. The van der Waals surface area contributed by atoms with Gasteiger partial charge >= 0.3 is 0 Å². The SMILES string of the molecule is CCOc1cc(CNC(=O)[C@H]2Oc3ccccc3O[C@H]2C)ccc1O. The molecule has 1 amide bonds. The molecular weight excluding hydrogens is 322 g/mol. The first-order valence-corrected chi connectivity index (χ1v) is 8.23. The van der Waals surface area contributed by atoms with Gasteiger partial charge in [-0.15, -0.1) is 0 Å². The van der Waals surface area contributed by atoms with Crippen molar-refractivity contribution in [3.8, 4) is 23.0 Å². The average molecular weight is 343 g/mol. The van der Waals surface area contributed by atoms with Crippen molar-refractivity contribution in [1.29, 1.82) is 0 Å². The molecule has 3 rings (SSSR count). The van der Waals surface area contributed by atoms with Crippen LogP contribution >= 0.6 is 0 Å². The molecule has 1 aliphatic heterocycles. The van der Waals surface area contributed by atoms with Gasteiger partial charge in [-0.1, -0.05) is 18.2 Å². The summed E-state index contributed by atoms with van der Waals surface area (Å²) in [5.41, 5.74) is 0.819. The average Bonchev–Trinajstić information content (AvgIpc) is 2.61. The van der Waals surface area contributed by atoms with Gasteiger partial charge in [0.25, 0.3) is 5.91 Å². The molecule has 25 heavy (non-hydrogen) atoms. The molecule has 2 N–H and O–H groups in total. The first kappa shape index (κ1) is 17.0. The topological polar surface area (TPSA) is 77.0 Å². The number of nitrogens with one attached hydrogen (secondary N) is 1. The highest BCUT2D eigenvalue weighted by Crippen LogP contribution is 2.33. The second-order valence-electron chi connectivity index (χ2n) is 5.76. The van der Waals surface area contributed by atoms with Crippen molar-refractivity contribution in [3.05, 3.63) is 48.0 Å². The molecule has 132 valence electrons. The number of ether oxygens (including phenoxy) is 3. The third-order valence-corrected chi connectivity index (χ3v) is 3.89. The molecule has 0 radical (unpaired) electrons. The molecule has 0 spiro atoms. The van der Waals surface area contributed by atoms with Crippen LogP contribution in [0.1, 0.15) is 19.4 Å². The maximum Gasteiger partial charge on any atom is 0.265 e. The number of rotatable bonds is 5. The highest BCUT2D eigenvalue weighted by Gasteiger charge is 2.33. The molecule has 0 saturated carbocycles. The summed E-state index contributed by atoms with van der Waals surface area (Å²) >= 11 is 0. The molecule has 2 aromatic rings. The lowest BCUT2D eigenvalue weighted by molar-refractivity contribution is -0.133. The third kappa shape index (κ3) is 3.79. The van der Waals surface area contributed by atoms with Gasteiger partial charge in [0.05, 0.1) is 6.61 Å². The molecule has 0 aliphatic carbocycles. The molecular formula is C19H21NO5. The highest BCUT2D eigenvalue weighted by molar-refractivity contribution is 5.82. The number of carbonyl (C=O) groups excluding carboxylic acids is 1. The number of para-hydroxylation sites is 2. The van der Waals surface area contributed by atoms with Crippen molar-refractivity contribution >= 4 is 5.91 Å². The number of carbonyl (C=O) groups is 1. The number of amides is 1. The lowest BCUT2D eigenvalue weighted by Crippen LogP contribution is -2.48. The van der Waals surface area contributed by atoms with Crippen molar-refractivity contribution < 1.29 is 24.1 Å². The fourth-order valence-electron chi connectivity index (χ4n) is 2.64. The standard InChI is InChI=1S/C19H21NO5/c1-3-23-17-10-13(8-9-14(17)21)11-20-19(22)18-12(2)24-15-6-4-5-7-16(15)25-18/h4-10,12,18,21H,3,11H2,1-2H3,(H,20,22)/t12-,18-/m0/s1. The summed E-state index contributed by atoms with van der Waals surface area (Å²) in [5.74, 6) is 1.41. The molecule has 1 heterocycles. The minimum Gasteiger partial charge on any atom is -0.504 e. The fraction of sp³-hybridized carbons (Fsp3) is 0.316. The predicted molar refractivity (Wildman–Crippen MR) is 92.1 cm³/mol. The molecule has 0 saturated heterocycles. The van der Waals surface area contributed by atoms with Crippen molar-refractivity contribution in [1.82, 2.24) is 5.32 Å². The Morgan fingerprint density at radius 1 is 1.20 bits per heavy atom. The minimum atomic E-state index is -0.724. The van der Waals surface area contributed by atoms with Crippen LogP contribution in [0.25, 0.3) is 0 Å². The highest BCUT2D eigenvalue weighted by atomic mass is 16.6. The van der Waals surface area contributed by atoms with Gasteiger partial charge in [-0.05, 0) is 43.7 Å². The van der Waals surface area contributed by atoms with Crippen LogP contribution in [0.2, 0.25) is 0 Å². The van der Waals surface area contributed by atoms with E-state index in [1.165, 1.54) is 0 Å². The summed E-state index contributed by atoms with van der Waals surface area (Å²) < 4.78 is 16.9. The third-order valence-electron chi connectivity index (χ3n) is 3.89. The molecule has 2 atom stereocenters. The van der Waals surface area contributed by atoms with E-state index in [0.29, 0.717) is 30.4 Å². The quantitative estimate of drug-likeness (QED) is 0.873. The molecule has 0 bridgehead atoms. The number of phenols is 1. The van der Waals surface area contributed by atoms with Crippen LogP contribution in [-0.4, -0.2) is 29.8 Å². The van der Waals surface area contributed by atoms with E-state index in [0.717, 1.165) is 5.56 Å². The normalized spacial score (nSPS) is 18.5. The molecule has 2 aromatic carbocycles. The molecule has 0 fully saturated rings. The van der Waals surface area contributed by atoms with Crippen LogP contribution in [0.4, 0.5) is 0 Å². The Hall–Kier alpha value is -2.89.